The van der Waals surface area contributed by atoms with Gasteiger partial charge in [-0.25, -0.2) is 0 Å². The van der Waals surface area contributed by atoms with Gasteiger partial charge in [0.2, 0.25) is 0 Å². The number of hydrogen-bond donors (Lipinski definition) is 2. The molecule has 2 rings (SSSR count). The van der Waals surface area contributed by atoms with Gasteiger partial charge in [0.25, 0.3) is 0 Å². The molecule has 0 aliphatic rings. The smallest absolute Gasteiger partial charge is 0.190 e. The van der Waals surface area contributed by atoms with Crippen LogP contribution in [-0.2, 0) is 12.8 Å². The summed E-state index contributed by atoms with van der Waals surface area (Å²) in [5, 5.41) is 6.67. The molecule has 0 fully saturated rings. The Morgan fingerprint density at radius 3 is 1.93 bits per heavy atom. The van der Waals surface area contributed by atoms with Crippen LogP contribution in [0.5, 0.6) is 17.2 Å². The largest absolute Gasteiger partial charge is 0.497 e. The zero-order chi connectivity index (χ0) is 19.5. The van der Waals surface area contributed by atoms with Crippen LogP contribution in [-0.4, -0.2) is 47.4 Å². The molecule has 0 bridgehead atoms. The second-order valence-electron chi connectivity index (χ2n) is 5.96. The van der Waals surface area contributed by atoms with Gasteiger partial charge in [-0.3, -0.25) is 4.99 Å². The summed E-state index contributed by atoms with van der Waals surface area (Å²) >= 11 is 0. The van der Waals surface area contributed by atoms with E-state index in [4.69, 9.17) is 14.2 Å². The number of nitrogens with zero attached hydrogens (tertiary/aromatic N) is 1. The van der Waals surface area contributed by atoms with Gasteiger partial charge in [-0.1, -0.05) is 18.2 Å². The van der Waals surface area contributed by atoms with E-state index in [0.717, 1.165) is 49.1 Å². The molecule has 0 aliphatic heterocycles. The normalized spacial score (nSPS) is 11.0. The van der Waals surface area contributed by atoms with Gasteiger partial charge in [0.05, 0.1) is 21.3 Å². The monoisotopic (exact) mass is 371 g/mol. The molecule has 0 aliphatic carbocycles. The molecule has 6 heteroatoms. The van der Waals surface area contributed by atoms with E-state index >= 15 is 0 Å². The lowest BCUT2D eigenvalue weighted by atomic mass is 10.1. The third kappa shape index (κ3) is 6.40. The second-order valence-corrected chi connectivity index (χ2v) is 5.96. The minimum atomic E-state index is 0.741. The topological polar surface area (TPSA) is 64.1 Å². The zero-order valence-corrected chi connectivity index (χ0v) is 16.5. The Morgan fingerprint density at radius 2 is 1.37 bits per heavy atom. The van der Waals surface area contributed by atoms with Crippen LogP contribution in [0.1, 0.15) is 11.1 Å². The van der Waals surface area contributed by atoms with Crippen LogP contribution in [0.2, 0.25) is 0 Å². The molecule has 146 valence electrons. The molecular weight excluding hydrogens is 342 g/mol. The summed E-state index contributed by atoms with van der Waals surface area (Å²) in [5.41, 5.74) is 2.43. The lowest BCUT2D eigenvalue weighted by Gasteiger charge is -2.13. The Morgan fingerprint density at radius 1 is 0.778 bits per heavy atom. The van der Waals surface area contributed by atoms with E-state index in [0.29, 0.717) is 0 Å². The van der Waals surface area contributed by atoms with E-state index in [1.54, 1.807) is 28.4 Å². The highest BCUT2D eigenvalue weighted by Gasteiger charge is 2.05. The van der Waals surface area contributed by atoms with Crippen LogP contribution in [0.25, 0.3) is 0 Å². The van der Waals surface area contributed by atoms with Gasteiger partial charge in [-0.2, -0.15) is 0 Å². The third-order valence-corrected chi connectivity index (χ3v) is 4.24. The van der Waals surface area contributed by atoms with Crippen molar-refractivity contribution in [2.45, 2.75) is 12.8 Å². The summed E-state index contributed by atoms with van der Waals surface area (Å²) in [7, 11) is 6.74. The number of guanidine groups is 1. The van der Waals surface area contributed by atoms with Gasteiger partial charge in [-0.05, 0) is 48.2 Å². The number of aliphatic imine (C=N–C) groups is 1. The first-order valence-corrected chi connectivity index (χ1v) is 8.98. The Balaban J connectivity index is 1.75. The van der Waals surface area contributed by atoms with Crippen LogP contribution in [0.3, 0.4) is 0 Å². The van der Waals surface area contributed by atoms with Gasteiger partial charge < -0.3 is 24.8 Å². The highest BCUT2D eigenvalue weighted by molar-refractivity contribution is 5.79. The van der Waals surface area contributed by atoms with Crippen molar-refractivity contribution < 1.29 is 14.2 Å². The highest BCUT2D eigenvalue weighted by atomic mass is 16.5. The van der Waals surface area contributed by atoms with Crippen molar-refractivity contribution in [2.24, 2.45) is 4.99 Å². The maximum atomic E-state index is 5.35. The SMILES string of the molecule is CN=C(NCCc1ccc(OC)cc1)NCCc1ccc(OC)c(OC)c1. The molecule has 0 spiro atoms. The number of benzene rings is 2. The third-order valence-electron chi connectivity index (χ3n) is 4.24. The minimum Gasteiger partial charge on any atom is -0.497 e. The first-order chi connectivity index (χ1) is 13.2. The average molecular weight is 371 g/mol. The fraction of sp³-hybridized carbons (Fsp3) is 0.381. The molecular formula is C21H29N3O3. The van der Waals surface area contributed by atoms with Gasteiger partial charge in [0.1, 0.15) is 5.75 Å². The summed E-state index contributed by atoms with van der Waals surface area (Å²) in [5.74, 6) is 3.16. The summed E-state index contributed by atoms with van der Waals surface area (Å²) in [6.45, 7) is 1.58. The van der Waals surface area contributed by atoms with Crippen LogP contribution in [0, 0.1) is 0 Å². The van der Waals surface area contributed by atoms with Gasteiger partial charge in [0, 0.05) is 20.1 Å². The molecule has 2 aromatic carbocycles. The van der Waals surface area contributed by atoms with Gasteiger partial charge >= 0.3 is 0 Å². The van der Waals surface area contributed by atoms with Crippen molar-refractivity contribution in [1.29, 1.82) is 0 Å². The molecule has 0 aromatic heterocycles. The van der Waals surface area contributed by atoms with Crippen LogP contribution >= 0.6 is 0 Å². The van der Waals surface area contributed by atoms with E-state index in [2.05, 4.69) is 27.8 Å². The quantitative estimate of drug-likeness (QED) is 0.524. The van der Waals surface area contributed by atoms with Crippen molar-refractivity contribution in [2.75, 3.05) is 41.5 Å². The lowest BCUT2D eigenvalue weighted by Crippen LogP contribution is -2.39. The molecule has 0 saturated carbocycles. The van der Waals surface area contributed by atoms with Gasteiger partial charge in [0.15, 0.2) is 17.5 Å². The van der Waals surface area contributed by atoms with Crippen molar-refractivity contribution in [3.63, 3.8) is 0 Å². The Kier molecular flexibility index (Phi) is 8.29. The minimum absolute atomic E-state index is 0.741. The van der Waals surface area contributed by atoms with E-state index in [1.165, 1.54) is 11.1 Å². The first kappa shape index (κ1) is 20.4. The zero-order valence-electron chi connectivity index (χ0n) is 16.5. The predicted octanol–water partition coefficient (Wildman–Crippen LogP) is 2.66. The molecule has 6 nitrogen and oxygen atoms in total. The molecule has 0 radical (unpaired) electrons. The maximum absolute atomic E-state index is 5.35. The standard InChI is InChI=1S/C21H29N3O3/c1-22-21(23-13-11-16-5-8-18(25-2)9-6-16)24-14-12-17-7-10-19(26-3)20(15-17)27-4/h5-10,15H,11-14H2,1-4H3,(H2,22,23,24). The molecule has 27 heavy (non-hydrogen) atoms. The summed E-state index contributed by atoms with van der Waals surface area (Å²) in [6.07, 6.45) is 1.78. The fourth-order valence-corrected chi connectivity index (χ4v) is 2.70. The van der Waals surface area contributed by atoms with E-state index in [-0.39, 0.29) is 0 Å². The lowest BCUT2D eigenvalue weighted by molar-refractivity contribution is 0.354. The van der Waals surface area contributed by atoms with Gasteiger partial charge in [-0.15, -0.1) is 0 Å². The summed E-state index contributed by atoms with van der Waals surface area (Å²) in [6, 6.07) is 14.1. The van der Waals surface area contributed by atoms with E-state index in [9.17, 15) is 0 Å². The molecule has 0 atom stereocenters. The number of nitrogens with one attached hydrogen (secondary N) is 2. The number of rotatable bonds is 9. The molecule has 0 unspecified atom stereocenters. The van der Waals surface area contributed by atoms with Crippen molar-refractivity contribution in [3.05, 3.63) is 53.6 Å². The Labute approximate surface area is 161 Å². The fourth-order valence-electron chi connectivity index (χ4n) is 2.70. The predicted molar refractivity (Wildman–Crippen MR) is 109 cm³/mol. The number of ether oxygens (including phenoxy) is 3. The van der Waals surface area contributed by atoms with Crippen molar-refractivity contribution in [3.8, 4) is 17.2 Å². The molecule has 2 aromatic rings. The maximum Gasteiger partial charge on any atom is 0.190 e. The van der Waals surface area contributed by atoms with E-state index in [1.807, 2.05) is 30.3 Å². The first-order valence-electron chi connectivity index (χ1n) is 8.98. The van der Waals surface area contributed by atoms with Crippen LogP contribution in [0.15, 0.2) is 47.5 Å². The van der Waals surface area contributed by atoms with E-state index < -0.39 is 0 Å². The highest BCUT2D eigenvalue weighted by Crippen LogP contribution is 2.27. The van der Waals surface area contributed by atoms with Crippen molar-refractivity contribution in [1.82, 2.24) is 10.6 Å². The molecule has 0 heterocycles. The molecule has 0 saturated heterocycles. The number of methoxy groups -OCH3 is 3. The summed E-state index contributed by atoms with van der Waals surface area (Å²) in [4.78, 5) is 4.27. The Bertz CT molecular complexity index is 730. The summed E-state index contributed by atoms with van der Waals surface area (Å²) < 4.78 is 15.8. The van der Waals surface area contributed by atoms with Crippen LogP contribution < -0.4 is 24.8 Å². The van der Waals surface area contributed by atoms with Crippen LogP contribution in [0.4, 0.5) is 0 Å². The Hall–Kier alpha value is -2.89. The average Bonchev–Trinajstić information content (AvgIpc) is 2.72. The molecule has 2 N–H and O–H groups in total. The number of hydrogen-bond acceptors (Lipinski definition) is 4. The second kappa shape index (κ2) is 11.0. The molecule has 0 amide bonds. The van der Waals surface area contributed by atoms with Crippen molar-refractivity contribution >= 4 is 5.96 Å².